The second kappa shape index (κ2) is 8.12. The number of carbonyl (C=O) groups excluding carboxylic acids is 1. The molecule has 0 radical (unpaired) electrons. The number of carbonyl (C=O) groups is 1. The lowest BCUT2D eigenvalue weighted by atomic mass is 9.86. The lowest BCUT2D eigenvalue weighted by molar-refractivity contribution is -0.123. The van der Waals surface area contributed by atoms with Crippen LogP contribution in [0, 0.1) is 5.92 Å². The van der Waals surface area contributed by atoms with Gasteiger partial charge in [-0.05, 0) is 44.6 Å². The van der Waals surface area contributed by atoms with E-state index in [0.29, 0.717) is 18.5 Å². The number of nitrogens with two attached hydrogens (primary N) is 1. The van der Waals surface area contributed by atoms with Gasteiger partial charge in [-0.1, -0.05) is 25.0 Å². The van der Waals surface area contributed by atoms with Gasteiger partial charge in [-0.25, -0.2) is 4.68 Å². The van der Waals surface area contributed by atoms with Crippen molar-refractivity contribution in [2.75, 3.05) is 6.54 Å². The molecule has 6 nitrogen and oxygen atoms in total. The molecule has 1 amide bonds. The molecule has 0 aliphatic heterocycles. The molecule has 1 aliphatic rings. The molecule has 1 aromatic rings. The Kier molecular flexibility index (Phi) is 6.17. The first-order chi connectivity index (χ1) is 10.2. The predicted octanol–water partition coefficient (Wildman–Crippen LogP) is 1.25. The zero-order valence-corrected chi connectivity index (χ0v) is 12.9. The third kappa shape index (κ3) is 5.12. The zero-order valence-electron chi connectivity index (χ0n) is 12.9. The Morgan fingerprint density at radius 3 is 3.00 bits per heavy atom. The minimum atomic E-state index is 0.0344. The number of hydrogen-bond donors (Lipinski definition) is 2. The van der Waals surface area contributed by atoms with Crippen LogP contribution in [0.15, 0.2) is 6.20 Å². The number of unbranched alkanes of at least 4 members (excludes halogenated alkanes) is 1. The van der Waals surface area contributed by atoms with Crippen molar-refractivity contribution in [1.82, 2.24) is 20.3 Å². The second-order valence-electron chi connectivity index (χ2n) is 6.09. The van der Waals surface area contributed by atoms with Crippen LogP contribution in [0.25, 0.3) is 0 Å². The third-order valence-corrected chi connectivity index (χ3v) is 4.24. The summed E-state index contributed by atoms with van der Waals surface area (Å²) in [6.45, 7) is 3.18. The van der Waals surface area contributed by atoms with Gasteiger partial charge in [-0.2, -0.15) is 0 Å². The minimum Gasteiger partial charge on any atom is -0.351 e. The van der Waals surface area contributed by atoms with Gasteiger partial charge in [0.15, 0.2) is 0 Å². The number of hydrogen-bond acceptors (Lipinski definition) is 4. The van der Waals surface area contributed by atoms with Gasteiger partial charge >= 0.3 is 0 Å². The molecule has 0 bridgehead atoms. The molecule has 21 heavy (non-hydrogen) atoms. The number of rotatable bonds is 7. The van der Waals surface area contributed by atoms with Crippen molar-refractivity contribution in [3.05, 3.63) is 11.9 Å². The Balaban J connectivity index is 1.77. The summed E-state index contributed by atoms with van der Waals surface area (Å²) in [6, 6.07) is 0.318. The highest BCUT2D eigenvalue weighted by Gasteiger charge is 2.22. The van der Waals surface area contributed by atoms with E-state index in [2.05, 4.69) is 22.6 Å². The standard InChI is InChI=1S/C15H27N5O/c1-12-6-2-3-8-14(12)17-15(21)11-20-10-13(18-19-20)7-4-5-9-16/h10,12,14H,2-9,11,16H2,1H3,(H,17,21). The molecule has 3 N–H and O–H groups in total. The van der Waals surface area contributed by atoms with E-state index in [9.17, 15) is 4.79 Å². The molecule has 2 atom stereocenters. The van der Waals surface area contributed by atoms with Gasteiger partial charge in [0.2, 0.25) is 5.91 Å². The van der Waals surface area contributed by atoms with E-state index in [4.69, 9.17) is 5.73 Å². The Labute approximate surface area is 126 Å². The van der Waals surface area contributed by atoms with Crippen LogP contribution in [-0.4, -0.2) is 33.5 Å². The van der Waals surface area contributed by atoms with Crippen molar-refractivity contribution in [3.8, 4) is 0 Å². The highest BCUT2D eigenvalue weighted by Crippen LogP contribution is 2.23. The van der Waals surface area contributed by atoms with Crippen LogP contribution in [0.1, 0.15) is 51.1 Å². The molecule has 0 aromatic carbocycles. The fourth-order valence-electron chi connectivity index (χ4n) is 2.91. The molecular weight excluding hydrogens is 266 g/mol. The first kappa shape index (κ1) is 15.9. The molecule has 1 saturated carbocycles. The van der Waals surface area contributed by atoms with Crippen molar-refractivity contribution in [1.29, 1.82) is 0 Å². The maximum atomic E-state index is 12.1. The highest BCUT2D eigenvalue weighted by molar-refractivity contribution is 5.75. The highest BCUT2D eigenvalue weighted by atomic mass is 16.2. The molecule has 1 aromatic heterocycles. The molecular formula is C15H27N5O. The topological polar surface area (TPSA) is 85.8 Å². The van der Waals surface area contributed by atoms with E-state index in [0.717, 1.165) is 31.4 Å². The molecule has 0 spiro atoms. The van der Waals surface area contributed by atoms with E-state index >= 15 is 0 Å². The maximum absolute atomic E-state index is 12.1. The van der Waals surface area contributed by atoms with Gasteiger partial charge in [-0.3, -0.25) is 4.79 Å². The lowest BCUT2D eigenvalue weighted by Crippen LogP contribution is -2.42. The second-order valence-corrected chi connectivity index (χ2v) is 6.09. The zero-order chi connectivity index (χ0) is 15.1. The molecule has 6 heteroatoms. The summed E-state index contributed by atoms with van der Waals surface area (Å²) < 4.78 is 1.63. The number of amides is 1. The molecule has 1 aliphatic carbocycles. The van der Waals surface area contributed by atoms with E-state index in [1.165, 1.54) is 19.3 Å². The van der Waals surface area contributed by atoms with Gasteiger partial charge in [0.25, 0.3) is 0 Å². The summed E-state index contributed by atoms with van der Waals surface area (Å²) in [5.74, 6) is 0.609. The smallest absolute Gasteiger partial charge is 0.242 e. The van der Waals surface area contributed by atoms with Crippen molar-refractivity contribution < 1.29 is 4.79 Å². The van der Waals surface area contributed by atoms with Crippen LogP contribution in [-0.2, 0) is 17.8 Å². The number of aryl methyl sites for hydroxylation is 1. The summed E-state index contributed by atoms with van der Waals surface area (Å²) >= 11 is 0. The Bertz CT molecular complexity index is 445. The summed E-state index contributed by atoms with van der Waals surface area (Å²) in [5, 5.41) is 11.3. The van der Waals surface area contributed by atoms with E-state index in [-0.39, 0.29) is 12.5 Å². The summed E-state index contributed by atoms with van der Waals surface area (Å²) in [7, 11) is 0. The van der Waals surface area contributed by atoms with Crippen LogP contribution in [0.5, 0.6) is 0 Å². The molecule has 1 heterocycles. The van der Waals surface area contributed by atoms with Gasteiger partial charge in [0.1, 0.15) is 6.54 Å². The van der Waals surface area contributed by atoms with Crippen LogP contribution in [0.4, 0.5) is 0 Å². The van der Waals surface area contributed by atoms with Crippen LogP contribution in [0.2, 0.25) is 0 Å². The van der Waals surface area contributed by atoms with Gasteiger partial charge in [-0.15, -0.1) is 5.10 Å². The Hall–Kier alpha value is -1.43. The van der Waals surface area contributed by atoms with Crippen molar-refractivity contribution in [2.24, 2.45) is 11.7 Å². The van der Waals surface area contributed by atoms with E-state index < -0.39 is 0 Å². The summed E-state index contributed by atoms with van der Waals surface area (Å²) in [5.41, 5.74) is 6.40. The molecule has 2 rings (SSSR count). The van der Waals surface area contributed by atoms with Crippen molar-refractivity contribution in [2.45, 2.75) is 64.5 Å². The SMILES string of the molecule is CC1CCCCC1NC(=O)Cn1cc(CCCCN)nn1. The van der Waals surface area contributed by atoms with Gasteiger partial charge in [0.05, 0.1) is 5.69 Å². The fourth-order valence-corrected chi connectivity index (χ4v) is 2.91. The minimum absolute atomic E-state index is 0.0344. The summed E-state index contributed by atoms with van der Waals surface area (Å²) in [4.78, 5) is 12.1. The molecule has 2 unspecified atom stereocenters. The normalized spacial score (nSPS) is 22.2. The Morgan fingerprint density at radius 1 is 1.43 bits per heavy atom. The lowest BCUT2D eigenvalue weighted by Gasteiger charge is -2.29. The Morgan fingerprint density at radius 2 is 2.24 bits per heavy atom. The van der Waals surface area contributed by atoms with E-state index in [1.54, 1.807) is 4.68 Å². The van der Waals surface area contributed by atoms with Gasteiger partial charge in [0, 0.05) is 12.2 Å². The maximum Gasteiger partial charge on any atom is 0.242 e. The predicted molar refractivity (Wildman–Crippen MR) is 81.6 cm³/mol. The average molecular weight is 293 g/mol. The quantitative estimate of drug-likeness (QED) is 0.741. The monoisotopic (exact) mass is 293 g/mol. The molecule has 118 valence electrons. The number of nitrogens with zero attached hydrogens (tertiary/aromatic N) is 3. The number of aromatic nitrogens is 3. The third-order valence-electron chi connectivity index (χ3n) is 4.24. The number of nitrogens with one attached hydrogen (secondary N) is 1. The summed E-state index contributed by atoms with van der Waals surface area (Å²) in [6.07, 6.45) is 9.54. The van der Waals surface area contributed by atoms with Gasteiger partial charge < -0.3 is 11.1 Å². The van der Waals surface area contributed by atoms with Crippen molar-refractivity contribution >= 4 is 5.91 Å². The van der Waals surface area contributed by atoms with Crippen LogP contribution < -0.4 is 11.1 Å². The van der Waals surface area contributed by atoms with E-state index in [1.807, 2.05) is 6.20 Å². The molecule has 0 saturated heterocycles. The first-order valence-electron chi connectivity index (χ1n) is 8.07. The average Bonchev–Trinajstić information content (AvgIpc) is 2.89. The fraction of sp³-hybridized carbons (Fsp3) is 0.800. The molecule has 1 fully saturated rings. The largest absolute Gasteiger partial charge is 0.351 e. The first-order valence-corrected chi connectivity index (χ1v) is 8.07. The van der Waals surface area contributed by atoms with Crippen LogP contribution in [0.3, 0.4) is 0 Å². The van der Waals surface area contributed by atoms with Crippen molar-refractivity contribution in [3.63, 3.8) is 0 Å². The van der Waals surface area contributed by atoms with Crippen LogP contribution >= 0.6 is 0 Å².